The summed E-state index contributed by atoms with van der Waals surface area (Å²) in [6.07, 6.45) is 87.3. The average Bonchev–Trinajstić information content (AvgIpc) is 3.29. The molecule has 0 atom stereocenters. The second kappa shape index (κ2) is 56.8. The monoisotopic (exact) mass is 904 g/mol. The standard InChI is InChI=1S/C62H128P/c1-5-9-13-17-21-25-29-33-36-40-44-48-52-56-60-63(59-55-51-47-43-39-32-28-24-20-16-12-8-4,61-57-53-49-45-41-37-34-30-26-22-18-14-10-6-2)62-58-54-50-46-42-38-35-31-27-23-19-15-11-7-3/h5-62H2,1-4H3/q+1. The summed E-state index contributed by atoms with van der Waals surface area (Å²) in [5.74, 6) is 0. The molecule has 0 heterocycles. The van der Waals surface area contributed by atoms with Gasteiger partial charge in [0.05, 0.1) is 24.6 Å². The Bertz CT molecular complexity index is 695. The summed E-state index contributed by atoms with van der Waals surface area (Å²) in [4.78, 5) is 0. The molecule has 0 rings (SSSR count). The van der Waals surface area contributed by atoms with Crippen molar-refractivity contribution in [1.29, 1.82) is 0 Å². The maximum atomic E-state index is 2.34. The maximum Gasteiger partial charge on any atom is 0.0594 e. The minimum absolute atomic E-state index is 0.830. The van der Waals surface area contributed by atoms with Crippen LogP contribution in [0.4, 0.5) is 0 Å². The maximum absolute atomic E-state index is 2.34. The van der Waals surface area contributed by atoms with Gasteiger partial charge in [-0.15, -0.1) is 0 Å². The minimum Gasteiger partial charge on any atom is -0.0654 e. The van der Waals surface area contributed by atoms with Gasteiger partial charge < -0.3 is 0 Å². The first-order valence-corrected chi connectivity index (χ1v) is 33.6. The minimum atomic E-state index is -0.830. The van der Waals surface area contributed by atoms with Crippen molar-refractivity contribution < 1.29 is 0 Å². The molecule has 0 radical (unpaired) electrons. The Labute approximate surface area is 404 Å². The molecular weight excluding hydrogens is 776 g/mol. The second-order valence-corrected chi connectivity index (χ2v) is 26.4. The molecule has 0 unspecified atom stereocenters. The first kappa shape index (κ1) is 63.4. The zero-order valence-corrected chi connectivity index (χ0v) is 46.4. The first-order valence-electron chi connectivity index (χ1n) is 31.1. The molecular formula is C62H128P+. The van der Waals surface area contributed by atoms with Crippen LogP contribution in [0.3, 0.4) is 0 Å². The molecule has 0 aromatic rings. The Morgan fingerprint density at radius 1 is 0.127 bits per heavy atom. The van der Waals surface area contributed by atoms with E-state index < -0.39 is 7.26 Å². The zero-order chi connectivity index (χ0) is 45.5. The molecule has 0 aliphatic heterocycles. The Balaban J connectivity index is 4.92. The van der Waals surface area contributed by atoms with Crippen LogP contribution in [-0.4, -0.2) is 24.6 Å². The molecule has 380 valence electrons. The van der Waals surface area contributed by atoms with Crippen LogP contribution in [0.25, 0.3) is 0 Å². The number of rotatable bonds is 58. The highest BCUT2D eigenvalue weighted by Gasteiger charge is 2.35. The van der Waals surface area contributed by atoms with E-state index in [-0.39, 0.29) is 0 Å². The molecule has 0 amide bonds. The Morgan fingerprint density at radius 2 is 0.222 bits per heavy atom. The van der Waals surface area contributed by atoms with Crippen molar-refractivity contribution in [3.8, 4) is 0 Å². The van der Waals surface area contributed by atoms with E-state index in [1.54, 1.807) is 50.3 Å². The Hall–Kier alpha value is 0.430. The molecule has 0 saturated carbocycles. The SMILES string of the molecule is CCCCCCCCCCCCCCCC[P+](CCCCCCCCCCCCCC)(CCCCCCCCCCCCCCCC)CCCCCCCCCCCCCCCC. The van der Waals surface area contributed by atoms with Crippen molar-refractivity contribution in [2.24, 2.45) is 0 Å². The number of hydrogen-bond donors (Lipinski definition) is 0. The Morgan fingerprint density at radius 3 is 0.333 bits per heavy atom. The highest BCUT2D eigenvalue weighted by molar-refractivity contribution is 7.75. The van der Waals surface area contributed by atoms with E-state index in [4.69, 9.17) is 0 Å². The van der Waals surface area contributed by atoms with Crippen LogP contribution in [0, 0.1) is 0 Å². The molecule has 0 nitrogen and oxygen atoms in total. The normalized spacial score (nSPS) is 12.0. The van der Waals surface area contributed by atoms with Gasteiger partial charge in [-0.2, -0.15) is 0 Å². The summed E-state index contributed by atoms with van der Waals surface area (Å²) in [5, 5.41) is 0. The summed E-state index contributed by atoms with van der Waals surface area (Å²) in [6, 6.07) is 0. The summed E-state index contributed by atoms with van der Waals surface area (Å²) in [6.45, 7) is 9.35. The van der Waals surface area contributed by atoms with E-state index >= 15 is 0 Å². The molecule has 0 aliphatic carbocycles. The van der Waals surface area contributed by atoms with Crippen LogP contribution in [0.5, 0.6) is 0 Å². The summed E-state index contributed by atoms with van der Waals surface area (Å²) >= 11 is 0. The van der Waals surface area contributed by atoms with Crippen LogP contribution >= 0.6 is 7.26 Å². The quantitative estimate of drug-likeness (QED) is 0.0421. The molecule has 0 aliphatic rings. The van der Waals surface area contributed by atoms with Crippen molar-refractivity contribution in [1.82, 2.24) is 0 Å². The molecule has 1 heteroatoms. The number of hydrogen-bond acceptors (Lipinski definition) is 0. The molecule has 0 fully saturated rings. The molecule has 63 heavy (non-hydrogen) atoms. The lowest BCUT2D eigenvalue weighted by molar-refractivity contribution is 0.536. The molecule has 0 N–H and O–H groups in total. The van der Waals surface area contributed by atoms with Gasteiger partial charge in [0.1, 0.15) is 0 Å². The van der Waals surface area contributed by atoms with Crippen LogP contribution in [-0.2, 0) is 0 Å². The van der Waals surface area contributed by atoms with Crippen molar-refractivity contribution in [3.05, 3.63) is 0 Å². The van der Waals surface area contributed by atoms with Gasteiger partial charge in [0.15, 0.2) is 0 Å². The van der Waals surface area contributed by atoms with Crippen molar-refractivity contribution >= 4 is 7.26 Å². The molecule has 0 aromatic heterocycles. The lowest BCUT2D eigenvalue weighted by Gasteiger charge is -2.28. The summed E-state index contributed by atoms with van der Waals surface area (Å²) in [5.41, 5.74) is 0. The highest BCUT2D eigenvalue weighted by Crippen LogP contribution is 2.61. The third-order valence-electron chi connectivity index (χ3n) is 15.4. The fraction of sp³-hybridized carbons (Fsp3) is 1.00. The van der Waals surface area contributed by atoms with E-state index in [2.05, 4.69) is 27.7 Å². The van der Waals surface area contributed by atoms with Crippen molar-refractivity contribution in [3.63, 3.8) is 0 Å². The lowest BCUT2D eigenvalue weighted by Crippen LogP contribution is -2.13. The van der Waals surface area contributed by atoms with E-state index in [0.29, 0.717) is 0 Å². The van der Waals surface area contributed by atoms with Gasteiger partial charge in [-0.1, -0.05) is 323 Å². The smallest absolute Gasteiger partial charge is 0.0594 e. The second-order valence-electron chi connectivity index (χ2n) is 21.9. The van der Waals surface area contributed by atoms with Gasteiger partial charge in [-0.25, -0.2) is 0 Å². The van der Waals surface area contributed by atoms with Gasteiger partial charge in [0, 0.05) is 7.26 Å². The third-order valence-corrected chi connectivity index (χ3v) is 20.5. The third kappa shape index (κ3) is 51.7. The van der Waals surface area contributed by atoms with Crippen LogP contribution in [0.1, 0.15) is 374 Å². The van der Waals surface area contributed by atoms with Crippen LogP contribution in [0.15, 0.2) is 0 Å². The average molecular weight is 905 g/mol. The van der Waals surface area contributed by atoms with Crippen molar-refractivity contribution in [2.45, 2.75) is 374 Å². The van der Waals surface area contributed by atoms with Gasteiger partial charge in [-0.05, 0) is 51.4 Å². The van der Waals surface area contributed by atoms with Gasteiger partial charge in [0.2, 0.25) is 0 Å². The molecule has 0 aromatic carbocycles. The predicted molar refractivity (Wildman–Crippen MR) is 298 cm³/mol. The molecule has 0 spiro atoms. The molecule has 0 bridgehead atoms. The van der Waals surface area contributed by atoms with Crippen molar-refractivity contribution in [2.75, 3.05) is 24.6 Å². The van der Waals surface area contributed by atoms with E-state index in [0.717, 1.165) is 0 Å². The lowest BCUT2D eigenvalue weighted by atomic mass is 10.0. The zero-order valence-electron chi connectivity index (χ0n) is 45.5. The largest absolute Gasteiger partial charge is 0.0654 e. The fourth-order valence-electron chi connectivity index (χ4n) is 10.9. The number of unbranched alkanes of at least 4 members (excludes halogenated alkanes) is 50. The van der Waals surface area contributed by atoms with Gasteiger partial charge in [-0.3, -0.25) is 0 Å². The van der Waals surface area contributed by atoms with Crippen LogP contribution < -0.4 is 0 Å². The summed E-state index contributed by atoms with van der Waals surface area (Å²) in [7, 11) is -0.830. The van der Waals surface area contributed by atoms with E-state index in [1.165, 1.54) is 321 Å². The Kier molecular flexibility index (Phi) is 57.1. The highest BCUT2D eigenvalue weighted by atomic mass is 31.2. The van der Waals surface area contributed by atoms with Gasteiger partial charge >= 0.3 is 0 Å². The molecule has 0 saturated heterocycles. The van der Waals surface area contributed by atoms with E-state index in [9.17, 15) is 0 Å². The van der Waals surface area contributed by atoms with E-state index in [1.807, 2.05) is 0 Å². The summed E-state index contributed by atoms with van der Waals surface area (Å²) < 4.78 is 0. The predicted octanol–water partition coefficient (Wildman–Crippen LogP) is 24.1. The van der Waals surface area contributed by atoms with Crippen LogP contribution in [0.2, 0.25) is 0 Å². The fourth-order valence-corrected chi connectivity index (χ4v) is 15.8. The first-order chi connectivity index (χ1) is 31.2. The van der Waals surface area contributed by atoms with Gasteiger partial charge in [0.25, 0.3) is 0 Å². The topological polar surface area (TPSA) is 0 Å².